The van der Waals surface area contributed by atoms with Gasteiger partial charge in [0.1, 0.15) is 0 Å². The number of allylic oxidation sites excluding steroid dienone is 5. The largest absolute Gasteiger partial charge is 0.373 e. The smallest absolute Gasteiger partial charge is 0.0721 e. The van der Waals surface area contributed by atoms with Crippen molar-refractivity contribution < 1.29 is 4.74 Å². The Hall–Kier alpha value is -1.12. The van der Waals surface area contributed by atoms with Gasteiger partial charge in [-0.25, -0.2) is 0 Å². The molecule has 2 heteroatoms. The molecule has 0 aromatic heterocycles. The van der Waals surface area contributed by atoms with Crippen molar-refractivity contribution in [1.82, 2.24) is 0 Å². The molecule has 0 spiro atoms. The molecule has 1 rings (SSSR count). The Kier molecular flexibility index (Phi) is 11.5. The van der Waals surface area contributed by atoms with Crippen LogP contribution in [0.4, 0.5) is 0 Å². The minimum atomic E-state index is 0.685. The summed E-state index contributed by atoms with van der Waals surface area (Å²) in [4.78, 5) is 0. The fourth-order valence-electron chi connectivity index (χ4n) is 2.30. The Morgan fingerprint density at radius 1 is 0.875 bits per heavy atom. The number of halogens is 1. The predicted molar refractivity (Wildman–Crippen MR) is 110 cm³/mol. The molecule has 0 saturated heterocycles. The van der Waals surface area contributed by atoms with Crippen LogP contribution in [0.15, 0.2) is 65.3 Å². The second-order valence-corrected chi connectivity index (χ2v) is 6.92. The first kappa shape index (κ1) is 20.9. The summed E-state index contributed by atoms with van der Waals surface area (Å²) < 4.78 is 5.70. The maximum absolute atomic E-state index is 5.70. The number of ether oxygens (including phenoxy) is 1. The Morgan fingerprint density at radius 3 is 2.08 bits per heavy atom. The van der Waals surface area contributed by atoms with Crippen molar-refractivity contribution in [2.24, 2.45) is 0 Å². The van der Waals surface area contributed by atoms with Crippen LogP contribution in [0.5, 0.6) is 0 Å². The zero-order valence-corrected chi connectivity index (χ0v) is 16.9. The summed E-state index contributed by atoms with van der Waals surface area (Å²) >= 11 is 3.48. The number of hydrogen-bond acceptors (Lipinski definition) is 1. The average molecular weight is 391 g/mol. The summed E-state index contributed by atoms with van der Waals surface area (Å²) in [5.74, 6) is 0. The van der Waals surface area contributed by atoms with Gasteiger partial charge in [-0.1, -0.05) is 81.2 Å². The Bertz CT molecular complexity index is 540. The Labute approximate surface area is 156 Å². The summed E-state index contributed by atoms with van der Waals surface area (Å²) in [6.45, 7) is 7.98. The molecule has 0 fully saturated rings. The summed E-state index contributed by atoms with van der Waals surface area (Å²) in [6, 6.07) is 10.3. The predicted octanol–water partition coefficient (Wildman–Crippen LogP) is 7.00. The second-order valence-electron chi connectivity index (χ2n) is 6.36. The Morgan fingerprint density at radius 2 is 1.46 bits per heavy atom. The molecule has 1 aromatic rings. The molecule has 132 valence electrons. The second kappa shape index (κ2) is 13.2. The minimum absolute atomic E-state index is 0.685. The summed E-state index contributed by atoms with van der Waals surface area (Å²) in [5.41, 5.74) is 5.53. The lowest BCUT2D eigenvalue weighted by molar-refractivity contribution is 0.148. The van der Waals surface area contributed by atoms with Gasteiger partial charge in [-0.3, -0.25) is 0 Å². The maximum Gasteiger partial charge on any atom is 0.0721 e. The maximum atomic E-state index is 5.70. The van der Waals surface area contributed by atoms with E-state index in [9.17, 15) is 0 Å². The lowest BCUT2D eigenvalue weighted by Crippen LogP contribution is -1.93. The fourth-order valence-corrected chi connectivity index (χ4v) is 2.53. The van der Waals surface area contributed by atoms with E-state index in [2.05, 4.69) is 67.1 Å². The quantitative estimate of drug-likeness (QED) is 0.224. The van der Waals surface area contributed by atoms with Gasteiger partial charge in [-0.2, -0.15) is 0 Å². The van der Waals surface area contributed by atoms with Crippen LogP contribution in [0, 0.1) is 0 Å². The van der Waals surface area contributed by atoms with Crippen LogP contribution in [-0.4, -0.2) is 11.9 Å². The molecule has 24 heavy (non-hydrogen) atoms. The minimum Gasteiger partial charge on any atom is -0.373 e. The monoisotopic (exact) mass is 390 g/mol. The van der Waals surface area contributed by atoms with Gasteiger partial charge in [0.05, 0.1) is 13.2 Å². The standard InChI is InChI=1S/C22H31BrO/c1-19(10-8-12-21(3)17-23)9-7-11-20(2)15-16-24-18-22-13-5-4-6-14-22/h4-6,9,12-15H,7-8,10-11,16-18H2,1-3H3/b19-9+,20-15+,21-12+. The molecule has 0 heterocycles. The molecule has 1 aromatic carbocycles. The molecule has 0 saturated carbocycles. The summed E-state index contributed by atoms with van der Waals surface area (Å²) in [7, 11) is 0. The zero-order valence-electron chi connectivity index (χ0n) is 15.4. The molecule has 0 bridgehead atoms. The first-order valence-electron chi connectivity index (χ1n) is 8.76. The van der Waals surface area contributed by atoms with E-state index in [1.54, 1.807) is 0 Å². The highest BCUT2D eigenvalue weighted by Crippen LogP contribution is 2.12. The van der Waals surface area contributed by atoms with Crippen molar-refractivity contribution in [2.75, 3.05) is 11.9 Å². The van der Waals surface area contributed by atoms with Gasteiger partial charge in [0.25, 0.3) is 0 Å². The molecule has 0 radical (unpaired) electrons. The van der Waals surface area contributed by atoms with Crippen LogP contribution in [0.25, 0.3) is 0 Å². The molecule has 0 unspecified atom stereocenters. The van der Waals surface area contributed by atoms with E-state index in [1.165, 1.54) is 22.3 Å². The van der Waals surface area contributed by atoms with Crippen molar-refractivity contribution in [3.63, 3.8) is 0 Å². The van der Waals surface area contributed by atoms with E-state index in [-0.39, 0.29) is 0 Å². The number of alkyl halides is 1. The van der Waals surface area contributed by atoms with Gasteiger partial charge in [0, 0.05) is 5.33 Å². The van der Waals surface area contributed by atoms with Crippen LogP contribution < -0.4 is 0 Å². The van der Waals surface area contributed by atoms with E-state index in [1.807, 2.05) is 18.2 Å². The molecule has 0 aliphatic heterocycles. The molecular weight excluding hydrogens is 360 g/mol. The Balaban J connectivity index is 2.17. The van der Waals surface area contributed by atoms with E-state index in [4.69, 9.17) is 4.74 Å². The molecule has 1 nitrogen and oxygen atoms in total. The number of benzene rings is 1. The van der Waals surface area contributed by atoms with Crippen molar-refractivity contribution in [3.05, 3.63) is 70.8 Å². The highest BCUT2D eigenvalue weighted by molar-refractivity contribution is 9.09. The van der Waals surface area contributed by atoms with Crippen LogP contribution in [0.2, 0.25) is 0 Å². The van der Waals surface area contributed by atoms with Crippen LogP contribution in [0.1, 0.15) is 52.0 Å². The van der Waals surface area contributed by atoms with E-state index in [0.29, 0.717) is 13.2 Å². The lowest BCUT2D eigenvalue weighted by atomic mass is 10.1. The van der Waals surface area contributed by atoms with Crippen molar-refractivity contribution in [2.45, 2.75) is 53.1 Å². The molecule has 0 N–H and O–H groups in total. The van der Waals surface area contributed by atoms with E-state index < -0.39 is 0 Å². The van der Waals surface area contributed by atoms with Crippen molar-refractivity contribution in [1.29, 1.82) is 0 Å². The molecular formula is C22H31BrO. The van der Waals surface area contributed by atoms with E-state index in [0.717, 1.165) is 31.0 Å². The number of hydrogen-bond donors (Lipinski definition) is 0. The molecule has 0 aliphatic rings. The fraction of sp³-hybridized carbons (Fsp3) is 0.455. The topological polar surface area (TPSA) is 9.23 Å². The van der Waals surface area contributed by atoms with Crippen molar-refractivity contribution in [3.8, 4) is 0 Å². The van der Waals surface area contributed by atoms with Crippen LogP contribution in [-0.2, 0) is 11.3 Å². The van der Waals surface area contributed by atoms with Crippen LogP contribution in [0.3, 0.4) is 0 Å². The molecule has 0 atom stereocenters. The normalized spacial score (nSPS) is 13.4. The molecule has 0 aliphatic carbocycles. The zero-order chi connectivity index (χ0) is 17.6. The van der Waals surface area contributed by atoms with Gasteiger partial charge >= 0.3 is 0 Å². The highest BCUT2D eigenvalue weighted by Gasteiger charge is 1.94. The van der Waals surface area contributed by atoms with Crippen molar-refractivity contribution >= 4 is 15.9 Å². The van der Waals surface area contributed by atoms with Gasteiger partial charge < -0.3 is 4.74 Å². The highest BCUT2D eigenvalue weighted by atomic mass is 79.9. The van der Waals surface area contributed by atoms with Gasteiger partial charge in [-0.05, 0) is 52.0 Å². The SMILES string of the molecule is C/C(=C\CC/C(C)=C/CC/C(C)=C/COCc1ccccc1)CBr. The van der Waals surface area contributed by atoms with Gasteiger partial charge in [0.2, 0.25) is 0 Å². The third-order valence-electron chi connectivity index (χ3n) is 3.93. The average Bonchev–Trinajstić information content (AvgIpc) is 2.59. The third kappa shape index (κ3) is 10.6. The van der Waals surface area contributed by atoms with Gasteiger partial charge in [0.15, 0.2) is 0 Å². The first-order valence-corrected chi connectivity index (χ1v) is 9.88. The van der Waals surface area contributed by atoms with Gasteiger partial charge in [-0.15, -0.1) is 0 Å². The lowest BCUT2D eigenvalue weighted by Gasteiger charge is -2.04. The number of rotatable bonds is 11. The molecule has 0 amide bonds. The first-order chi connectivity index (χ1) is 11.6. The summed E-state index contributed by atoms with van der Waals surface area (Å²) in [5, 5.41) is 0.978. The van der Waals surface area contributed by atoms with Crippen LogP contribution >= 0.6 is 15.9 Å². The summed E-state index contributed by atoms with van der Waals surface area (Å²) in [6.07, 6.45) is 11.4. The van der Waals surface area contributed by atoms with E-state index >= 15 is 0 Å². The third-order valence-corrected chi connectivity index (χ3v) is 4.82.